The van der Waals surface area contributed by atoms with E-state index < -0.39 is 0 Å². The number of carbonyl (C=O) groups excluding carboxylic acids is 1. The van der Waals surface area contributed by atoms with Crippen LogP contribution in [0, 0.1) is 2.88 Å². The molecule has 0 atom stereocenters. The molecule has 13 heavy (non-hydrogen) atoms. The van der Waals surface area contributed by atoms with E-state index in [0.717, 1.165) is 4.88 Å². The van der Waals surface area contributed by atoms with Gasteiger partial charge in [0.05, 0.1) is 13.6 Å². The van der Waals surface area contributed by atoms with Crippen molar-refractivity contribution in [3.8, 4) is 0 Å². The third kappa shape index (κ3) is 1.91. The highest BCUT2D eigenvalue weighted by atomic mass is 127. The first-order chi connectivity index (χ1) is 6.20. The van der Waals surface area contributed by atoms with Crippen LogP contribution in [0.3, 0.4) is 0 Å². The fourth-order valence-electron chi connectivity index (χ4n) is 1.01. The largest absolute Gasteiger partial charge is 0.292 e. The molecular formula is C8H4ClIOS2. The van der Waals surface area contributed by atoms with Gasteiger partial charge in [0.25, 0.3) is 0 Å². The van der Waals surface area contributed by atoms with Crippen LogP contribution in [-0.2, 0) is 0 Å². The summed E-state index contributed by atoms with van der Waals surface area (Å²) in [5, 5.41) is 0. The van der Waals surface area contributed by atoms with Crippen molar-refractivity contribution in [2.24, 2.45) is 0 Å². The zero-order valence-corrected chi connectivity index (χ0v) is 10.9. The maximum absolute atomic E-state index is 11.2. The van der Waals surface area contributed by atoms with E-state index >= 15 is 0 Å². The summed E-state index contributed by atoms with van der Waals surface area (Å²) < 4.78 is 3.62. The fraction of sp³-hybridized carbons (Fsp3) is 0.125. The van der Waals surface area contributed by atoms with E-state index in [-0.39, 0.29) is 11.7 Å². The molecule has 0 amide bonds. The van der Waals surface area contributed by atoms with Crippen LogP contribution in [0.4, 0.5) is 0 Å². The van der Waals surface area contributed by atoms with Gasteiger partial charge in [0.15, 0.2) is 5.78 Å². The lowest BCUT2D eigenvalue weighted by molar-refractivity contribution is 0.102. The molecule has 2 heterocycles. The van der Waals surface area contributed by atoms with Gasteiger partial charge in [-0.3, -0.25) is 4.79 Å². The molecule has 0 spiro atoms. The summed E-state index contributed by atoms with van der Waals surface area (Å²) in [6.07, 6.45) is 0. The van der Waals surface area contributed by atoms with E-state index in [4.69, 9.17) is 11.6 Å². The zero-order chi connectivity index (χ0) is 9.42. The molecule has 0 radical (unpaired) electrons. The van der Waals surface area contributed by atoms with Gasteiger partial charge in [-0.1, -0.05) is 0 Å². The second-order valence-corrected chi connectivity index (χ2v) is 6.78. The van der Waals surface area contributed by atoms with Crippen molar-refractivity contribution in [3.05, 3.63) is 19.9 Å². The van der Waals surface area contributed by atoms with E-state index in [0.29, 0.717) is 0 Å². The van der Waals surface area contributed by atoms with Gasteiger partial charge in [-0.25, -0.2) is 0 Å². The topological polar surface area (TPSA) is 17.1 Å². The number of hydrogen-bond donors (Lipinski definition) is 0. The molecule has 0 aliphatic carbocycles. The minimum atomic E-state index is 0.0186. The first-order valence-electron chi connectivity index (χ1n) is 3.49. The normalized spacial score (nSPS) is 10.9. The maximum atomic E-state index is 11.2. The second kappa shape index (κ2) is 3.84. The predicted molar refractivity (Wildman–Crippen MR) is 67.5 cm³/mol. The number of alkyl halides is 1. The molecule has 0 N–H and O–H groups in total. The molecule has 68 valence electrons. The second-order valence-electron chi connectivity index (χ2n) is 2.45. The van der Waals surface area contributed by atoms with Crippen molar-refractivity contribution in [2.45, 2.75) is 0 Å². The van der Waals surface area contributed by atoms with E-state index in [1.807, 2.05) is 6.07 Å². The van der Waals surface area contributed by atoms with Crippen LogP contribution in [0.5, 0.6) is 0 Å². The van der Waals surface area contributed by atoms with Gasteiger partial charge < -0.3 is 0 Å². The van der Waals surface area contributed by atoms with Crippen LogP contribution in [0.1, 0.15) is 9.67 Å². The monoisotopic (exact) mass is 342 g/mol. The molecule has 1 nitrogen and oxygen atoms in total. The lowest BCUT2D eigenvalue weighted by atomic mass is 10.3. The Balaban J connectivity index is 2.51. The van der Waals surface area contributed by atoms with Crippen LogP contribution in [0.15, 0.2) is 12.1 Å². The Morgan fingerprint density at radius 3 is 2.69 bits per heavy atom. The smallest absolute Gasteiger partial charge is 0.187 e. The van der Waals surface area contributed by atoms with Crippen LogP contribution in [-0.4, -0.2) is 11.7 Å². The van der Waals surface area contributed by atoms with Gasteiger partial charge in [-0.05, 0) is 34.7 Å². The molecule has 0 saturated heterocycles. The Labute approximate surface area is 102 Å². The highest BCUT2D eigenvalue weighted by Gasteiger charge is 2.10. The fourth-order valence-corrected chi connectivity index (χ4v) is 4.53. The van der Waals surface area contributed by atoms with Crippen LogP contribution >= 0.6 is 56.9 Å². The third-order valence-corrected chi connectivity index (χ3v) is 4.91. The molecule has 2 aromatic heterocycles. The van der Waals surface area contributed by atoms with Crippen molar-refractivity contribution in [1.82, 2.24) is 0 Å². The molecular weight excluding hydrogens is 339 g/mol. The standard InChI is InChI=1S/C8H4ClIOS2/c9-3-4(11)5-1-6-7(12-5)2-8(10)13-6/h1-2H,3H2. The van der Waals surface area contributed by atoms with Gasteiger partial charge in [-0.15, -0.1) is 34.3 Å². The average molecular weight is 343 g/mol. The first-order valence-corrected chi connectivity index (χ1v) is 6.73. The number of rotatable bonds is 2. The highest BCUT2D eigenvalue weighted by Crippen LogP contribution is 2.33. The molecule has 0 aromatic carbocycles. The van der Waals surface area contributed by atoms with Gasteiger partial charge in [0, 0.05) is 9.40 Å². The highest BCUT2D eigenvalue weighted by molar-refractivity contribution is 14.1. The zero-order valence-electron chi connectivity index (χ0n) is 6.34. The summed E-state index contributed by atoms with van der Waals surface area (Å²) in [6, 6.07) is 4.02. The number of hydrogen-bond acceptors (Lipinski definition) is 3. The lowest BCUT2D eigenvalue weighted by Crippen LogP contribution is -1.95. The predicted octanol–water partition coefficient (Wildman–Crippen LogP) is 3.99. The van der Waals surface area contributed by atoms with Crippen LogP contribution in [0.2, 0.25) is 0 Å². The third-order valence-electron chi connectivity index (χ3n) is 1.57. The lowest BCUT2D eigenvalue weighted by Gasteiger charge is -1.86. The van der Waals surface area contributed by atoms with Gasteiger partial charge in [0.1, 0.15) is 0 Å². The minimum absolute atomic E-state index is 0.0186. The van der Waals surface area contributed by atoms with Crippen molar-refractivity contribution in [1.29, 1.82) is 0 Å². The Morgan fingerprint density at radius 1 is 1.38 bits per heavy atom. The van der Waals surface area contributed by atoms with Gasteiger partial charge in [-0.2, -0.15) is 0 Å². The number of halogens is 2. The summed E-state index contributed by atoms with van der Waals surface area (Å²) in [5.41, 5.74) is 0. The van der Waals surface area contributed by atoms with Crippen molar-refractivity contribution in [3.63, 3.8) is 0 Å². The van der Waals surface area contributed by atoms with Crippen LogP contribution in [0.25, 0.3) is 9.40 Å². The molecule has 0 bridgehead atoms. The molecule has 2 rings (SSSR count). The van der Waals surface area contributed by atoms with E-state index in [1.165, 1.54) is 23.6 Å². The molecule has 0 aliphatic heterocycles. The summed E-state index contributed by atoms with van der Waals surface area (Å²) >= 11 is 11.0. The first kappa shape index (κ1) is 9.89. The van der Waals surface area contributed by atoms with E-state index in [1.54, 1.807) is 11.3 Å². The number of fused-ring (bicyclic) bond motifs is 1. The van der Waals surface area contributed by atoms with Crippen LogP contribution < -0.4 is 0 Å². The number of carbonyl (C=O) groups is 1. The molecule has 0 fully saturated rings. The van der Waals surface area contributed by atoms with Gasteiger partial charge >= 0.3 is 0 Å². The quantitative estimate of drug-likeness (QED) is 0.458. The summed E-state index contributed by atoms with van der Waals surface area (Å²) in [7, 11) is 0. The van der Waals surface area contributed by atoms with Crippen molar-refractivity contribution < 1.29 is 4.79 Å². The van der Waals surface area contributed by atoms with E-state index in [9.17, 15) is 4.79 Å². The number of ketones is 1. The SMILES string of the molecule is O=C(CCl)c1cc2sc(I)cc2s1. The number of thiophene rings is 2. The summed E-state index contributed by atoms with van der Waals surface area (Å²) in [4.78, 5) is 12.0. The molecule has 0 saturated carbocycles. The molecule has 5 heteroatoms. The molecule has 0 unspecified atom stereocenters. The van der Waals surface area contributed by atoms with Crippen molar-refractivity contribution >= 4 is 72.0 Å². The Morgan fingerprint density at radius 2 is 2.08 bits per heavy atom. The summed E-state index contributed by atoms with van der Waals surface area (Å²) in [6.45, 7) is 0. The number of Topliss-reactive ketones (excluding diaryl/α,β-unsaturated/α-hetero) is 1. The Kier molecular flexibility index (Phi) is 2.92. The minimum Gasteiger partial charge on any atom is -0.292 e. The Hall–Kier alpha value is 0.350. The molecule has 2 aromatic rings. The maximum Gasteiger partial charge on any atom is 0.187 e. The molecule has 0 aliphatic rings. The van der Waals surface area contributed by atoms with Crippen molar-refractivity contribution in [2.75, 3.05) is 5.88 Å². The summed E-state index contributed by atoms with van der Waals surface area (Å²) in [5.74, 6) is 0.0929. The van der Waals surface area contributed by atoms with Gasteiger partial charge in [0.2, 0.25) is 0 Å². The Bertz CT molecular complexity index is 428. The average Bonchev–Trinajstić information content (AvgIpc) is 2.59. The van der Waals surface area contributed by atoms with E-state index in [2.05, 4.69) is 28.7 Å².